The number of halogens is 1. The molecule has 0 amide bonds. The van der Waals surface area contributed by atoms with Gasteiger partial charge in [-0.25, -0.2) is 0 Å². The first-order valence-corrected chi connectivity index (χ1v) is 7.65. The molecule has 0 bridgehead atoms. The number of aromatic nitrogens is 3. The topological polar surface area (TPSA) is 66.2 Å². The average molecular weight is 345 g/mol. The summed E-state index contributed by atoms with van der Waals surface area (Å²) in [4.78, 5) is 0. The minimum absolute atomic E-state index is 0.0357. The number of aromatic hydroxyl groups is 1. The molecule has 3 aromatic rings. The molecule has 0 aliphatic heterocycles. The Hall–Kier alpha value is -2.44. The highest BCUT2D eigenvalue weighted by Crippen LogP contribution is 2.22. The number of aromatic amines is 1. The zero-order chi connectivity index (χ0) is 16.2. The molecule has 0 saturated heterocycles. The molecule has 0 aliphatic carbocycles. The Bertz CT molecular complexity index is 902. The fraction of sp³-hybridized carbons (Fsp3) is 0.0625. The largest absolute Gasteiger partial charge is 0.506 e. The van der Waals surface area contributed by atoms with E-state index in [0.717, 1.165) is 11.1 Å². The van der Waals surface area contributed by atoms with E-state index in [1.165, 1.54) is 6.07 Å². The van der Waals surface area contributed by atoms with Crippen molar-refractivity contribution in [2.75, 3.05) is 0 Å². The first-order valence-electron chi connectivity index (χ1n) is 6.86. The molecule has 7 heteroatoms. The lowest BCUT2D eigenvalue weighted by Crippen LogP contribution is -2.00. The van der Waals surface area contributed by atoms with Crippen LogP contribution in [0.25, 0.3) is 0 Å². The molecule has 2 N–H and O–H groups in total. The summed E-state index contributed by atoms with van der Waals surface area (Å²) in [5.74, 6) is 0.746. The van der Waals surface area contributed by atoms with E-state index >= 15 is 0 Å². The second kappa shape index (κ2) is 6.76. The predicted molar refractivity (Wildman–Crippen MR) is 92.8 cm³/mol. The van der Waals surface area contributed by atoms with Gasteiger partial charge in [0, 0.05) is 6.42 Å². The van der Waals surface area contributed by atoms with Crippen molar-refractivity contribution >= 4 is 30.0 Å². The zero-order valence-corrected chi connectivity index (χ0v) is 13.6. The van der Waals surface area contributed by atoms with E-state index in [-0.39, 0.29) is 10.8 Å². The van der Waals surface area contributed by atoms with Gasteiger partial charge in [-0.05, 0) is 41.5 Å². The number of hydrogen-bond acceptors (Lipinski definition) is 4. The number of H-pyrrole nitrogens is 1. The number of phenolic OH excluding ortho intramolecular Hbond substituents is 1. The Labute approximate surface area is 142 Å². The summed E-state index contributed by atoms with van der Waals surface area (Å²) >= 11 is 11.1. The summed E-state index contributed by atoms with van der Waals surface area (Å²) in [5, 5.41) is 21.0. The molecule has 1 aromatic heterocycles. The van der Waals surface area contributed by atoms with Crippen LogP contribution in [0.5, 0.6) is 5.75 Å². The Kier molecular flexibility index (Phi) is 4.55. The lowest BCUT2D eigenvalue weighted by atomic mass is 10.1. The highest BCUT2D eigenvalue weighted by Gasteiger charge is 2.06. The summed E-state index contributed by atoms with van der Waals surface area (Å²) in [7, 11) is 0. The van der Waals surface area contributed by atoms with Gasteiger partial charge in [-0.2, -0.15) is 14.9 Å². The van der Waals surface area contributed by atoms with Gasteiger partial charge in [0.05, 0.1) is 11.2 Å². The molecule has 3 rings (SSSR count). The number of phenols is 1. The second-order valence-electron chi connectivity index (χ2n) is 4.87. The molecule has 0 fully saturated rings. The minimum Gasteiger partial charge on any atom is -0.506 e. The molecule has 0 atom stereocenters. The van der Waals surface area contributed by atoms with Gasteiger partial charge in [0.2, 0.25) is 4.77 Å². The summed E-state index contributed by atoms with van der Waals surface area (Å²) in [5.41, 5.74) is 1.87. The Morgan fingerprint density at radius 2 is 2.04 bits per heavy atom. The Balaban J connectivity index is 1.88. The van der Waals surface area contributed by atoms with E-state index in [4.69, 9.17) is 23.8 Å². The molecule has 0 aliphatic rings. The van der Waals surface area contributed by atoms with Gasteiger partial charge in [-0.1, -0.05) is 41.9 Å². The molecule has 0 spiro atoms. The molecule has 0 saturated carbocycles. The quantitative estimate of drug-likeness (QED) is 0.559. The molecule has 5 nitrogen and oxygen atoms in total. The first-order chi connectivity index (χ1) is 11.1. The number of nitrogens with zero attached hydrogens (tertiary/aromatic N) is 3. The number of benzene rings is 2. The first kappa shape index (κ1) is 15.5. The van der Waals surface area contributed by atoms with Crippen LogP contribution in [0, 0.1) is 4.77 Å². The molecular formula is C16H13ClN4OS. The summed E-state index contributed by atoms with van der Waals surface area (Å²) in [6.45, 7) is 0. The highest BCUT2D eigenvalue weighted by atomic mass is 35.5. The molecule has 1 heterocycles. The van der Waals surface area contributed by atoms with E-state index in [9.17, 15) is 5.11 Å². The normalized spacial score (nSPS) is 11.2. The van der Waals surface area contributed by atoms with E-state index in [2.05, 4.69) is 15.3 Å². The van der Waals surface area contributed by atoms with Gasteiger partial charge in [0.15, 0.2) is 5.82 Å². The second-order valence-corrected chi connectivity index (χ2v) is 5.67. The summed E-state index contributed by atoms with van der Waals surface area (Å²) < 4.78 is 1.99. The third-order valence-corrected chi connectivity index (χ3v) is 3.78. The van der Waals surface area contributed by atoms with Crippen molar-refractivity contribution in [2.45, 2.75) is 6.42 Å². The standard InChI is InChI=1S/C16H13ClN4OS/c17-13-8-12(6-7-14(13)22)10-18-21-15(19-20-16(21)23)9-11-4-2-1-3-5-11/h1-8,10,22H,9H2,(H,20,23)/b18-10-. The predicted octanol–water partition coefficient (Wildman–Crippen LogP) is 3.77. The summed E-state index contributed by atoms with van der Waals surface area (Å²) in [6, 6.07) is 14.8. The van der Waals surface area contributed by atoms with Crippen LogP contribution in [-0.2, 0) is 6.42 Å². The van der Waals surface area contributed by atoms with Crippen LogP contribution >= 0.6 is 23.8 Å². The van der Waals surface area contributed by atoms with Crippen LogP contribution in [0.1, 0.15) is 17.0 Å². The Morgan fingerprint density at radius 1 is 1.26 bits per heavy atom. The van der Waals surface area contributed by atoms with Gasteiger partial charge in [0.25, 0.3) is 0 Å². The SMILES string of the molecule is Oc1ccc(/C=N\n2c(Cc3ccccc3)n[nH]c2=S)cc1Cl. The van der Waals surface area contributed by atoms with E-state index < -0.39 is 0 Å². The van der Waals surface area contributed by atoms with Gasteiger partial charge in [-0.3, -0.25) is 5.10 Å². The fourth-order valence-corrected chi connectivity index (χ4v) is 2.45. The zero-order valence-electron chi connectivity index (χ0n) is 12.0. The maximum Gasteiger partial charge on any atom is 0.216 e. The van der Waals surface area contributed by atoms with Crippen molar-refractivity contribution in [3.63, 3.8) is 0 Å². The van der Waals surface area contributed by atoms with Crippen LogP contribution in [-0.4, -0.2) is 26.2 Å². The van der Waals surface area contributed by atoms with Gasteiger partial charge in [-0.15, -0.1) is 0 Å². The molecule has 0 unspecified atom stereocenters. The van der Waals surface area contributed by atoms with E-state index in [1.54, 1.807) is 23.0 Å². The van der Waals surface area contributed by atoms with Crippen molar-refractivity contribution in [1.82, 2.24) is 14.9 Å². The monoisotopic (exact) mass is 344 g/mol. The van der Waals surface area contributed by atoms with Crippen molar-refractivity contribution in [3.8, 4) is 5.75 Å². The van der Waals surface area contributed by atoms with Crippen LogP contribution in [0.2, 0.25) is 5.02 Å². The maximum absolute atomic E-state index is 9.43. The van der Waals surface area contributed by atoms with Crippen molar-refractivity contribution in [1.29, 1.82) is 0 Å². The van der Waals surface area contributed by atoms with Gasteiger partial charge < -0.3 is 5.11 Å². The molecule has 116 valence electrons. The van der Waals surface area contributed by atoms with Crippen molar-refractivity contribution in [2.24, 2.45) is 5.10 Å². The third kappa shape index (κ3) is 3.67. The lowest BCUT2D eigenvalue weighted by molar-refractivity contribution is 0.475. The smallest absolute Gasteiger partial charge is 0.216 e. The molecule has 23 heavy (non-hydrogen) atoms. The highest BCUT2D eigenvalue weighted by molar-refractivity contribution is 7.71. The Morgan fingerprint density at radius 3 is 2.78 bits per heavy atom. The van der Waals surface area contributed by atoms with Crippen LogP contribution in [0.3, 0.4) is 0 Å². The van der Waals surface area contributed by atoms with Crippen molar-refractivity contribution < 1.29 is 5.11 Å². The van der Waals surface area contributed by atoms with Crippen molar-refractivity contribution in [3.05, 3.63) is 75.3 Å². The van der Waals surface area contributed by atoms with E-state index in [0.29, 0.717) is 17.0 Å². The lowest BCUT2D eigenvalue weighted by Gasteiger charge is -2.02. The number of hydrogen-bond donors (Lipinski definition) is 2. The third-order valence-electron chi connectivity index (χ3n) is 3.22. The number of nitrogens with one attached hydrogen (secondary N) is 1. The van der Waals surface area contributed by atoms with E-state index in [1.807, 2.05) is 30.3 Å². The average Bonchev–Trinajstić information content (AvgIpc) is 2.90. The minimum atomic E-state index is 0.0357. The van der Waals surface area contributed by atoms with Gasteiger partial charge in [0.1, 0.15) is 5.75 Å². The number of rotatable bonds is 4. The molecule has 2 aromatic carbocycles. The van der Waals surface area contributed by atoms with Crippen LogP contribution in [0.15, 0.2) is 53.6 Å². The molecule has 0 radical (unpaired) electrons. The van der Waals surface area contributed by atoms with Crippen LogP contribution in [0.4, 0.5) is 0 Å². The summed E-state index contributed by atoms with van der Waals surface area (Å²) in [6.07, 6.45) is 2.23. The fourth-order valence-electron chi connectivity index (χ4n) is 2.06. The molecular weight excluding hydrogens is 332 g/mol. The van der Waals surface area contributed by atoms with Crippen LogP contribution < -0.4 is 0 Å². The van der Waals surface area contributed by atoms with Gasteiger partial charge >= 0.3 is 0 Å². The maximum atomic E-state index is 9.43.